The quantitative estimate of drug-likeness (QED) is 0.882. The van der Waals surface area contributed by atoms with Gasteiger partial charge in [-0.3, -0.25) is 0 Å². The van der Waals surface area contributed by atoms with Crippen LogP contribution in [0.15, 0.2) is 6.07 Å². The molecule has 17 heavy (non-hydrogen) atoms. The molecule has 0 radical (unpaired) electrons. The maximum absolute atomic E-state index is 13.8. The third-order valence-corrected chi connectivity index (χ3v) is 3.27. The summed E-state index contributed by atoms with van der Waals surface area (Å²) >= 11 is 0. The Labute approximate surface area is 99.8 Å². The summed E-state index contributed by atoms with van der Waals surface area (Å²) < 4.78 is 27.1. The molecule has 0 spiro atoms. The number of hydrogen-bond donors (Lipinski definition) is 1. The van der Waals surface area contributed by atoms with Gasteiger partial charge in [0, 0.05) is 25.7 Å². The molecule has 0 saturated carbocycles. The fourth-order valence-electron chi connectivity index (χ4n) is 2.37. The van der Waals surface area contributed by atoms with E-state index in [2.05, 4.69) is 17.2 Å². The number of pyridine rings is 1. The Kier molecular flexibility index (Phi) is 3.45. The lowest BCUT2D eigenvalue weighted by Crippen LogP contribution is -2.30. The third-order valence-electron chi connectivity index (χ3n) is 3.27. The van der Waals surface area contributed by atoms with Crippen LogP contribution in [0, 0.1) is 11.6 Å². The minimum absolute atomic E-state index is 0.100. The molecule has 2 rings (SSSR count). The second-order valence-electron chi connectivity index (χ2n) is 4.27. The first kappa shape index (κ1) is 12.1. The molecule has 0 aromatic carbocycles. The van der Waals surface area contributed by atoms with Crippen molar-refractivity contribution in [1.29, 1.82) is 0 Å². The van der Waals surface area contributed by atoms with Gasteiger partial charge in [0.15, 0.2) is 23.3 Å². The van der Waals surface area contributed by atoms with E-state index < -0.39 is 11.6 Å². The van der Waals surface area contributed by atoms with E-state index in [1.165, 1.54) is 0 Å². The molecule has 1 N–H and O–H groups in total. The van der Waals surface area contributed by atoms with Crippen LogP contribution >= 0.6 is 0 Å². The molecule has 94 valence electrons. The average Bonchev–Trinajstić information content (AvgIpc) is 2.77. The van der Waals surface area contributed by atoms with Gasteiger partial charge in [0.25, 0.3) is 0 Å². The van der Waals surface area contributed by atoms with E-state index >= 15 is 0 Å². The summed E-state index contributed by atoms with van der Waals surface area (Å²) in [4.78, 5) is 5.98. The molecule has 1 saturated heterocycles. The Morgan fingerprint density at radius 2 is 2.24 bits per heavy atom. The van der Waals surface area contributed by atoms with Crippen LogP contribution in [-0.4, -0.2) is 24.6 Å². The summed E-state index contributed by atoms with van der Waals surface area (Å²) in [5.74, 6) is -0.869. The van der Waals surface area contributed by atoms with Gasteiger partial charge in [-0.1, -0.05) is 6.92 Å². The smallest absolute Gasteiger partial charge is 0.168 e. The lowest BCUT2D eigenvalue weighted by molar-refractivity contribution is 0.560. The van der Waals surface area contributed by atoms with E-state index in [0.717, 1.165) is 31.9 Å². The lowest BCUT2D eigenvalue weighted by atomic mass is 10.2. The Morgan fingerprint density at radius 3 is 2.88 bits per heavy atom. The predicted octanol–water partition coefficient (Wildman–Crippen LogP) is 2.78. The van der Waals surface area contributed by atoms with Crippen molar-refractivity contribution in [3.63, 3.8) is 0 Å². The third kappa shape index (κ3) is 2.18. The highest BCUT2D eigenvalue weighted by Crippen LogP contribution is 2.29. The minimum atomic E-state index is -0.652. The molecule has 2 heterocycles. The Hall–Kier alpha value is -1.39. The van der Waals surface area contributed by atoms with Gasteiger partial charge in [-0.2, -0.15) is 0 Å². The van der Waals surface area contributed by atoms with E-state index in [9.17, 15) is 8.78 Å². The average molecular weight is 241 g/mol. The van der Waals surface area contributed by atoms with Crippen LogP contribution in [-0.2, 0) is 0 Å². The van der Waals surface area contributed by atoms with E-state index in [1.54, 1.807) is 7.05 Å². The van der Waals surface area contributed by atoms with E-state index in [4.69, 9.17) is 0 Å². The standard InChI is InChI=1S/C12H17F2N3/c1-3-8-5-4-6-17(8)12-10(14)7-9(13)11(15-2)16-12/h7-8H,3-6H2,1-2H3,(H,15,16). The number of rotatable bonds is 3. The zero-order valence-electron chi connectivity index (χ0n) is 10.1. The summed E-state index contributed by atoms with van der Waals surface area (Å²) in [7, 11) is 1.58. The van der Waals surface area contributed by atoms with Gasteiger partial charge in [-0.05, 0) is 19.3 Å². The van der Waals surface area contributed by atoms with Gasteiger partial charge in [-0.15, -0.1) is 0 Å². The number of halogens is 2. The van der Waals surface area contributed by atoms with Gasteiger partial charge in [0.2, 0.25) is 0 Å². The van der Waals surface area contributed by atoms with Crippen LogP contribution < -0.4 is 10.2 Å². The molecule has 1 aromatic rings. The van der Waals surface area contributed by atoms with Crippen LogP contribution in [0.1, 0.15) is 26.2 Å². The van der Waals surface area contributed by atoms with E-state index in [1.807, 2.05) is 4.90 Å². The molecule has 1 fully saturated rings. The normalized spacial score (nSPS) is 19.8. The Balaban J connectivity index is 2.37. The second kappa shape index (κ2) is 4.85. The monoisotopic (exact) mass is 241 g/mol. The van der Waals surface area contributed by atoms with Crippen molar-refractivity contribution in [3.05, 3.63) is 17.7 Å². The van der Waals surface area contributed by atoms with Crippen LogP contribution in [0.5, 0.6) is 0 Å². The van der Waals surface area contributed by atoms with E-state index in [-0.39, 0.29) is 11.6 Å². The molecule has 0 amide bonds. The Bertz CT molecular complexity index is 409. The van der Waals surface area contributed by atoms with Crippen molar-refractivity contribution in [1.82, 2.24) is 4.98 Å². The van der Waals surface area contributed by atoms with Crippen LogP contribution in [0.2, 0.25) is 0 Å². The first-order valence-corrected chi connectivity index (χ1v) is 5.97. The zero-order valence-corrected chi connectivity index (χ0v) is 10.1. The van der Waals surface area contributed by atoms with Gasteiger partial charge < -0.3 is 10.2 Å². The fraction of sp³-hybridized carbons (Fsp3) is 0.583. The molecule has 1 unspecified atom stereocenters. The minimum Gasteiger partial charge on any atom is -0.371 e. The van der Waals surface area contributed by atoms with Crippen molar-refractivity contribution in [2.45, 2.75) is 32.2 Å². The van der Waals surface area contributed by atoms with Crippen molar-refractivity contribution in [3.8, 4) is 0 Å². The molecule has 3 nitrogen and oxygen atoms in total. The maximum Gasteiger partial charge on any atom is 0.168 e. The second-order valence-corrected chi connectivity index (χ2v) is 4.27. The fourth-order valence-corrected chi connectivity index (χ4v) is 2.37. The summed E-state index contributed by atoms with van der Waals surface area (Å²) in [5, 5.41) is 2.64. The number of aromatic nitrogens is 1. The summed E-state index contributed by atoms with van der Waals surface area (Å²) in [6.07, 6.45) is 3.03. The molecule has 1 atom stereocenters. The molecule has 1 aliphatic heterocycles. The van der Waals surface area contributed by atoms with Gasteiger partial charge in [0.05, 0.1) is 0 Å². The molecule has 0 bridgehead atoms. The van der Waals surface area contributed by atoms with Crippen LogP contribution in [0.25, 0.3) is 0 Å². The van der Waals surface area contributed by atoms with Gasteiger partial charge in [0.1, 0.15) is 0 Å². The van der Waals surface area contributed by atoms with Crippen LogP contribution in [0.4, 0.5) is 20.4 Å². The molecular weight excluding hydrogens is 224 g/mol. The zero-order chi connectivity index (χ0) is 12.4. The number of nitrogens with zero attached hydrogens (tertiary/aromatic N) is 2. The molecule has 1 aliphatic rings. The molecule has 5 heteroatoms. The summed E-state index contributed by atoms with van der Waals surface area (Å²) in [5.41, 5.74) is 0. The van der Waals surface area contributed by atoms with E-state index in [0.29, 0.717) is 6.04 Å². The molecule has 0 aliphatic carbocycles. The predicted molar refractivity (Wildman–Crippen MR) is 64.4 cm³/mol. The Morgan fingerprint density at radius 1 is 1.47 bits per heavy atom. The van der Waals surface area contributed by atoms with Crippen molar-refractivity contribution in [2.24, 2.45) is 0 Å². The number of hydrogen-bond acceptors (Lipinski definition) is 3. The highest BCUT2D eigenvalue weighted by atomic mass is 19.1. The number of nitrogens with one attached hydrogen (secondary N) is 1. The van der Waals surface area contributed by atoms with Crippen molar-refractivity contribution >= 4 is 11.6 Å². The van der Waals surface area contributed by atoms with Crippen molar-refractivity contribution in [2.75, 3.05) is 23.8 Å². The number of anilines is 2. The SMILES string of the molecule is CCC1CCCN1c1nc(NC)c(F)cc1F. The highest BCUT2D eigenvalue weighted by molar-refractivity contribution is 5.50. The molecular formula is C12H17F2N3. The largest absolute Gasteiger partial charge is 0.371 e. The summed E-state index contributed by atoms with van der Waals surface area (Å²) in [6.45, 7) is 2.86. The molecule has 1 aromatic heterocycles. The lowest BCUT2D eigenvalue weighted by Gasteiger charge is -2.25. The van der Waals surface area contributed by atoms with Gasteiger partial charge >= 0.3 is 0 Å². The first-order chi connectivity index (χ1) is 8.17. The maximum atomic E-state index is 13.8. The summed E-state index contributed by atoms with van der Waals surface area (Å²) in [6, 6.07) is 1.21. The van der Waals surface area contributed by atoms with Gasteiger partial charge in [-0.25, -0.2) is 13.8 Å². The van der Waals surface area contributed by atoms with Crippen LogP contribution in [0.3, 0.4) is 0 Å². The topological polar surface area (TPSA) is 28.2 Å². The highest BCUT2D eigenvalue weighted by Gasteiger charge is 2.27. The first-order valence-electron chi connectivity index (χ1n) is 5.97. The van der Waals surface area contributed by atoms with Crippen molar-refractivity contribution < 1.29 is 8.78 Å².